The number of allylic oxidation sites excluding steroid dienone is 6. The van der Waals surface area contributed by atoms with Crippen molar-refractivity contribution >= 4 is 5.91 Å². The molecule has 19 nitrogen and oxygen atoms in total. The average Bonchev–Trinajstić information content (AvgIpc) is 0.783. The largest absolute Gasteiger partial charge is 0.394 e. The lowest BCUT2D eigenvalue weighted by atomic mass is 9.96. The molecular formula is C85H159NO18. The van der Waals surface area contributed by atoms with Crippen molar-refractivity contribution in [2.75, 3.05) is 26.4 Å². The van der Waals surface area contributed by atoms with Crippen LogP contribution < -0.4 is 5.32 Å². The van der Waals surface area contributed by atoms with Gasteiger partial charge in [0, 0.05) is 6.42 Å². The zero-order chi connectivity index (χ0) is 75.3. The van der Waals surface area contributed by atoms with Crippen LogP contribution in [0.5, 0.6) is 0 Å². The van der Waals surface area contributed by atoms with Crippen LogP contribution in [0.4, 0.5) is 0 Å². The highest BCUT2D eigenvalue weighted by Gasteiger charge is 2.54. The first-order valence-corrected chi connectivity index (χ1v) is 43.2. The van der Waals surface area contributed by atoms with E-state index >= 15 is 0 Å². The Kier molecular flexibility index (Phi) is 60.8. The molecule has 12 N–H and O–H groups in total. The molecule has 0 saturated carbocycles. The van der Waals surface area contributed by atoms with Crippen LogP contribution in [0.15, 0.2) is 36.5 Å². The lowest BCUT2D eigenvalue weighted by molar-refractivity contribution is -0.379. The van der Waals surface area contributed by atoms with Crippen molar-refractivity contribution in [3.63, 3.8) is 0 Å². The number of unbranched alkanes of at least 4 members (excludes halogenated alkanes) is 48. The lowest BCUT2D eigenvalue weighted by Gasteiger charge is -2.48. The number of aliphatic hydroxyl groups is 11. The Bertz CT molecular complexity index is 2020. The molecule has 0 aromatic carbocycles. The fourth-order valence-corrected chi connectivity index (χ4v) is 14.8. The van der Waals surface area contributed by atoms with Crippen LogP contribution in [-0.2, 0) is 33.2 Å². The third-order valence-corrected chi connectivity index (χ3v) is 21.7. The van der Waals surface area contributed by atoms with E-state index in [2.05, 4.69) is 55.6 Å². The van der Waals surface area contributed by atoms with E-state index in [9.17, 15) is 61.0 Å². The van der Waals surface area contributed by atoms with E-state index in [4.69, 9.17) is 28.4 Å². The Morgan fingerprint density at radius 1 is 0.346 bits per heavy atom. The summed E-state index contributed by atoms with van der Waals surface area (Å²) >= 11 is 0. The Hall–Kier alpha value is -1.99. The Morgan fingerprint density at radius 2 is 0.635 bits per heavy atom. The maximum Gasteiger partial charge on any atom is 0.220 e. The quantitative estimate of drug-likeness (QED) is 0.0199. The highest BCUT2D eigenvalue weighted by molar-refractivity contribution is 5.76. The highest BCUT2D eigenvalue weighted by Crippen LogP contribution is 2.34. The Morgan fingerprint density at radius 3 is 0.990 bits per heavy atom. The number of nitrogens with one attached hydrogen (secondary N) is 1. The van der Waals surface area contributed by atoms with Crippen LogP contribution in [0, 0.1) is 0 Å². The molecule has 19 heteroatoms. The van der Waals surface area contributed by atoms with Crippen molar-refractivity contribution in [3.8, 4) is 0 Å². The van der Waals surface area contributed by atoms with Crippen molar-refractivity contribution in [2.24, 2.45) is 0 Å². The molecule has 3 fully saturated rings. The normalized spacial score (nSPS) is 26.0. The monoisotopic (exact) mass is 1480 g/mol. The van der Waals surface area contributed by atoms with Gasteiger partial charge >= 0.3 is 0 Å². The molecule has 0 aromatic heterocycles. The molecule has 17 unspecified atom stereocenters. The number of carbonyl (C=O) groups excluding carboxylic acids is 1. The predicted octanol–water partition coefficient (Wildman–Crippen LogP) is 15.5. The molecule has 104 heavy (non-hydrogen) atoms. The van der Waals surface area contributed by atoms with Gasteiger partial charge < -0.3 is 89.9 Å². The molecule has 3 saturated heterocycles. The van der Waals surface area contributed by atoms with Gasteiger partial charge in [-0.05, 0) is 51.4 Å². The number of hydrogen-bond acceptors (Lipinski definition) is 18. The second kappa shape index (κ2) is 65.7. The number of carbonyl (C=O) groups is 1. The summed E-state index contributed by atoms with van der Waals surface area (Å²) in [5.41, 5.74) is 0. The minimum Gasteiger partial charge on any atom is -0.394 e. The summed E-state index contributed by atoms with van der Waals surface area (Å²) in [7, 11) is 0. The fraction of sp³-hybridized carbons (Fsp3) is 0.918. The topological polar surface area (TPSA) is 307 Å². The van der Waals surface area contributed by atoms with Gasteiger partial charge in [0.15, 0.2) is 18.9 Å². The van der Waals surface area contributed by atoms with Gasteiger partial charge in [-0.1, -0.05) is 346 Å². The lowest BCUT2D eigenvalue weighted by Crippen LogP contribution is -2.66. The standard InChI is InChI=1S/C85H159NO18/c1-3-5-7-9-11-13-15-17-19-21-23-25-27-29-31-33-34-35-37-39-41-43-45-47-49-51-53-55-57-59-61-63-73(91)86-68(69(90)62-60-58-56-54-52-50-48-46-44-42-40-38-36-32-30-28-26-24-22-20-18-16-14-12-10-8-6-4-2)67-99-83-79(97)76(94)81(71(65-88)101-83)104-85-80(98)77(95)82(72(66-89)102-85)103-84-78(96)75(93)74(92)70(64-87)100-84/h15,17,21,23,27,29,68-72,74-85,87-90,92-98H,3-14,16,18-20,22,24-26,28,30-67H2,1-2H3,(H,86,91)/b17-15-,23-21-,29-27-. The number of aliphatic hydroxyl groups excluding tert-OH is 11. The van der Waals surface area contributed by atoms with Gasteiger partial charge in [-0.3, -0.25) is 4.79 Å². The zero-order valence-electron chi connectivity index (χ0n) is 65.8. The van der Waals surface area contributed by atoms with Gasteiger partial charge in [0.25, 0.3) is 0 Å². The minimum absolute atomic E-state index is 0.237. The third kappa shape index (κ3) is 44.8. The van der Waals surface area contributed by atoms with E-state index in [0.29, 0.717) is 12.8 Å². The van der Waals surface area contributed by atoms with Gasteiger partial charge in [0.1, 0.15) is 73.2 Å². The molecule has 3 aliphatic rings. The first-order valence-electron chi connectivity index (χ1n) is 43.2. The Balaban J connectivity index is 1.34. The summed E-state index contributed by atoms with van der Waals surface area (Å²) in [6.07, 6.45) is 55.2. The van der Waals surface area contributed by atoms with Gasteiger partial charge in [-0.2, -0.15) is 0 Å². The second-order valence-electron chi connectivity index (χ2n) is 31.0. The molecule has 0 aromatic rings. The smallest absolute Gasteiger partial charge is 0.220 e. The van der Waals surface area contributed by atoms with E-state index in [1.54, 1.807) is 0 Å². The van der Waals surface area contributed by atoms with Crippen LogP contribution >= 0.6 is 0 Å². The minimum atomic E-state index is -1.97. The molecule has 0 spiro atoms. The van der Waals surface area contributed by atoms with E-state index in [-0.39, 0.29) is 18.9 Å². The molecule has 0 bridgehead atoms. The highest BCUT2D eigenvalue weighted by atomic mass is 16.8. The van der Waals surface area contributed by atoms with Crippen molar-refractivity contribution in [2.45, 2.75) is 471 Å². The molecule has 0 radical (unpaired) electrons. The van der Waals surface area contributed by atoms with Gasteiger partial charge in [0.05, 0.1) is 38.6 Å². The molecule has 3 aliphatic heterocycles. The van der Waals surface area contributed by atoms with Crippen LogP contribution in [0.25, 0.3) is 0 Å². The first kappa shape index (κ1) is 96.2. The SMILES string of the molecule is CCCCCCC/C=C\C/C=C\C/C=C\CCCCCCCCCCCCCCCCCCC(=O)NC(COC1OC(CO)C(OC2OC(CO)C(OC3OC(CO)C(O)C(O)C3O)C(O)C2O)C(O)C1O)C(O)CCCCCCCCCCCCCCCCCCCCCCCCCCCCCC. The summed E-state index contributed by atoms with van der Waals surface area (Å²) in [5, 5.41) is 121. The number of ether oxygens (including phenoxy) is 6. The number of amides is 1. The van der Waals surface area contributed by atoms with Gasteiger partial charge in [0.2, 0.25) is 5.91 Å². The van der Waals surface area contributed by atoms with Crippen molar-refractivity contribution < 1.29 is 89.4 Å². The van der Waals surface area contributed by atoms with E-state index in [0.717, 1.165) is 57.8 Å². The van der Waals surface area contributed by atoms with Crippen molar-refractivity contribution in [1.29, 1.82) is 0 Å². The van der Waals surface area contributed by atoms with E-state index < -0.39 is 124 Å². The van der Waals surface area contributed by atoms with Gasteiger partial charge in [-0.25, -0.2) is 0 Å². The average molecular weight is 1480 g/mol. The summed E-state index contributed by atoms with van der Waals surface area (Å²) in [6.45, 7) is 1.85. The van der Waals surface area contributed by atoms with Crippen LogP contribution in [-0.4, -0.2) is 193 Å². The zero-order valence-corrected chi connectivity index (χ0v) is 65.8. The molecule has 612 valence electrons. The number of rotatable bonds is 70. The third-order valence-electron chi connectivity index (χ3n) is 21.7. The van der Waals surface area contributed by atoms with Gasteiger partial charge in [-0.15, -0.1) is 0 Å². The molecule has 17 atom stereocenters. The molecule has 3 heterocycles. The summed E-state index contributed by atoms with van der Waals surface area (Å²) in [4.78, 5) is 13.5. The summed E-state index contributed by atoms with van der Waals surface area (Å²) in [5.74, 6) is -0.237. The maximum absolute atomic E-state index is 13.5. The van der Waals surface area contributed by atoms with E-state index in [1.807, 2.05) is 0 Å². The number of hydrogen-bond donors (Lipinski definition) is 12. The summed E-state index contributed by atoms with van der Waals surface area (Å²) in [6, 6.07) is -0.889. The summed E-state index contributed by atoms with van der Waals surface area (Å²) < 4.78 is 34.6. The molecule has 1 amide bonds. The molecule has 3 rings (SSSR count). The predicted molar refractivity (Wildman–Crippen MR) is 416 cm³/mol. The van der Waals surface area contributed by atoms with Crippen molar-refractivity contribution in [3.05, 3.63) is 36.5 Å². The second-order valence-corrected chi connectivity index (χ2v) is 31.0. The van der Waals surface area contributed by atoms with Crippen LogP contribution in [0.1, 0.15) is 367 Å². The first-order chi connectivity index (χ1) is 50.8. The van der Waals surface area contributed by atoms with Crippen molar-refractivity contribution in [1.82, 2.24) is 5.32 Å². The fourth-order valence-electron chi connectivity index (χ4n) is 14.8. The molecule has 0 aliphatic carbocycles. The maximum atomic E-state index is 13.5. The van der Waals surface area contributed by atoms with E-state index in [1.165, 1.54) is 276 Å². The Labute approximate surface area is 631 Å². The van der Waals surface area contributed by atoms with Crippen LogP contribution in [0.3, 0.4) is 0 Å². The molecular weight excluding hydrogens is 1320 g/mol. The van der Waals surface area contributed by atoms with Crippen LogP contribution in [0.2, 0.25) is 0 Å².